The van der Waals surface area contributed by atoms with Gasteiger partial charge in [-0.25, -0.2) is 0 Å². The number of carbonyl (C=O) groups excluding carboxylic acids is 1. The van der Waals surface area contributed by atoms with Crippen LogP contribution in [0.3, 0.4) is 0 Å². The Bertz CT molecular complexity index is 863. The van der Waals surface area contributed by atoms with Crippen LogP contribution >= 0.6 is 0 Å². The second-order valence-corrected chi connectivity index (χ2v) is 7.02. The molecule has 1 aliphatic rings. The number of rotatable bonds is 3. The summed E-state index contributed by atoms with van der Waals surface area (Å²) in [6.07, 6.45) is 3.83. The summed E-state index contributed by atoms with van der Waals surface area (Å²) in [5.74, 6) is 0.804. The van der Waals surface area contributed by atoms with E-state index in [0.717, 1.165) is 41.8 Å². The minimum absolute atomic E-state index is 0.0710. The maximum atomic E-state index is 12.8. The van der Waals surface area contributed by atoms with Gasteiger partial charge in [-0.3, -0.25) is 9.78 Å². The number of carbonyl (C=O) groups is 1. The number of hydrogen-bond acceptors (Lipinski definition) is 4. The highest BCUT2D eigenvalue weighted by molar-refractivity contribution is 5.91. The van der Waals surface area contributed by atoms with E-state index < -0.39 is 0 Å². The van der Waals surface area contributed by atoms with Crippen LogP contribution in [-0.4, -0.2) is 39.0 Å². The SMILES string of the molecule is CC(C)c1cc(C(=O)N2CCC[C@@H](c3cc4ncccc4[nH]3)C2)on1. The van der Waals surface area contributed by atoms with Crippen molar-refractivity contribution in [3.63, 3.8) is 0 Å². The van der Waals surface area contributed by atoms with Gasteiger partial charge in [0.15, 0.2) is 0 Å². The summed E-state index contributed by atoms with van der Waals surface area (Å²) in [6.45, 7) is 5.51. The van der Waals surface area contributed by atoms with Crippen LogP contribution in [0.15, 0.2) is 35.0 Å². The summed E-state index contributed by atoms with van der Waals surface area (Å²) in [6, 6.07) is 7.82. The molecule has 0 radical (unpaired) electrons. The fraction of sp³-hybridized carbons (Fsp3) is 0.421. The fourth-order valence-electron chi connectivity index (χ4n) is 3.43. The van der Waals surface area contributed by atoms with Crippen molar-refractivity contribution < 1.29 is 9.32 Å². The van der Waals surface area contributed by atoms with Gasteiger partial charge in [0.25, 0.3) is 5.91 Å². The van der Waals surface area contributed by atoms with Gasteiger partial charge in [-0.05, 0) is 37.0 Å². The Balaban J connectivity index is 1.52. The van der Waals surface area contributed by atoms with E-state index in [2.05, 4.69) is 21.2 Å². The molecule has 25 heavy (non-hydrogen) atoms. The van der Waals surface area contributed by atoms with E-state index in [-0.39, 0.29) is 11.8 Å². The van der Waals surface area contributed by atoms with E-state index in [4.69, 9.17) is 4.52 Å². The predicted octanol–water partition coefficient (Wildman–Crippen LogP) is 3.69. The standard InChI is InChI=1S/C19H22N4O2/c1-12(2)15-10-18(25-22-15)19(24)23-8-4-5-13(11-23)16-9-17-14(21-16)6-3-7-20-17/h3,6-7,9-10,12-13,21H,4-5,8,11H2,1-2H3/t13-/m1/s1. The topological polar surface area (TPSA) is 75.0 Å². The van der Waals surface area contributed by atoms with Crippen molar-refractivity contribution in [3.8, 4) is 0 Å². The van der Waals surface area contributed by atoms with Crippen LogP contribution in [0.25, 0.3) is 11.0 Å². The highest BCUT2D eigenvalue weighted by atomic mass is 16.5. The molecule has 0 bridgehead atoms. The molecule has 4 heterocycles. The van der Waals surface area contributed by atoms with Gasteiger partial charge in [0.2, 0.25) is 5.76 Å². The number of pyridine rings is 1. The van der Waals surface area contributed by atoms with E-state index in [9.17, 15) is 4.79 Å². The third kappa shape index (κ3) is 3.04. The molecule has 0 saturated carbocycles. The van der Waals surface area contributed by atoms with Crippen LogP contribution < -0.4 is 0 Å². The Morgan fingerprint density at radius 1 is 1.40 bits per heavy atom. The van der Waals surface area contributed by atoms with Crippen molar-refractivity contribution in [2.45, 2.75) is 38.5 Å². The van der Waals surface area contributed by atoms with Crippen LogP contribution in [0.1, 0.15) is 60.5 Å². The molecular weight excluding hydrogens is 316 g/mol. The van der Waals surface area contributed by atoms with Gasteiger partial charge in [-0.1, -0.05) is 19.0 Å². The third-order valence-electron chi connectivity index (χ3n) is 4.89. The molecule has 1 N–H and O–H groups in total. The molecule has 6 heteroatoms. The third-order valence-corrected chi connectivity index (χ3v) is 4.89. The molecule has 0 unspecified atom stereocenters. The first kappa shape index (κ1) is 15.9. The van der Waals surface area contributed by atoms with Crippen LogP contribution in [0.4, 0.5) is 0 Å². The fourth-order valence-corrected chi connectivity index (χ4v) is 3.43. The smallest absolute Gasteiger partial charge is 0.292 e. The largest absolute Gasteiger partial charge is 0.357 e. The predicted molar refractivity (Wildman–Crippen MR) is 94.6 cm³/mol. The van der Waals surface area contributed by atoms with Gasteiger partial charge in [-0.15, -0.1) is 0 Å². The van der Waals surface area contributed by atoms with E-state index in [1.165, 1.54) is 0 Å². The van der Waals surface area contributed by atoms with Crippen LogP contribution in [0.5, 0.6) is 0 Å². The molecule has 0 aromatic carbocycles. The quantitative estimate of drug-likeness (QED) is 0.790. The number of piperidine rings is 1. The Hall–Kier alpha value is -2.63. The van der Waals surface area contributed by atoms with Gasteiger partial charge in [0.05, 0.1) is 16.7 Å². The molecule has 0 spiro atoms. The average Bonchev–Trinajstić information content (AvgIpc) is 3.28. The Morgan fingerprint density at radius 3 is 3.04 bits per heavy atom. The van der Waals surface area contributed by atoms with Crippen molar-refractivity contribution >= 4 is 16.9 Å². The molecule has 1 amide bonds. The summed E-state index contributed by atoms with van der Waals surface area (Å²) >= 11 is 0. The summed E-state index contributed by atoms with van der Waals surface area (Å²) < 4.78 is 5.27. The summed E-state index contributed by atoms with van der Waals surface area (Å²) in [5.41, 5.74) is 3.97. The number of nitrogens with zero attached hydrogens (tertiary/aromatic N) is 3. The summed E-state index contributed by atoms with van der Waals surface area (Å²) in [5, 5.41) is 4.00. The first-order chi connectivity index (χ1) is 12.1. The Kier molecular flexibility index (Phi) is 4.03. The first-order valence-corrected chi connectivity index (χ1v) is 8.81. The normalized spacial score (nSPS) is 18.2. The number of likely N-dealkylation sites (tertiary alicyclic amines) is 1. The average molecular weight is 338 g/mol. The van der Waals surface area contributed by atoms with Gasteiger partial charge in [-0.2, -0.15) is 0 Å². The number of aromatic amines is 1. The Morgan fingerprint density at radius 2 is 2.28 bits per heavy atom. The molecule has 1 aliphatic heterocycles. The second-order valence-electron chi connectivity index (χ2n) is 7.02. The van der Waals surface area contributed by atoms with E-state index in [1.54, 1.807) is 12.3 Å². The molecule has 1 saturated heterocycles. The first-order valence-electron chi connectivity index (χ1n) is 8.81. The number of fused-ring (bicyclic) bond motifs is 1. The van der Waals surface area contributed by atoms with Gasteiger partial charge >= 0.3 is 0 Å². The van der Waals surface area contributed by atoms with Crippen LogP contribution in [0.2, 0.25) is 0 Å². The lowest BCUT2D eigenvalue weighted by Gasteiger charge is -2.31. The number of nitrogens with one attached hydrogen (secondary N) is 1. The molecule has 6 nitrogen and oxygen atoms in total. The van der Waals surface area contributed by atoms with Gasteiger partial charge in [0, 0.05) is 37.0 Å². The number of aromatic nitrogens is 3. The van der Waals surface area contributed by atoms with Crippen molar-refractivity contribution in [2.24, 2.45) is 0 Å². The van der Waals surface area contributed by atoms with E-state index in [1.807, 2.05) is 30.9 Å². The molecule has 1 atom stereocenters. The minimum Gasteiger partial charge on any atom is -0.357 e. The van der Waals surface area contributed by atoms with Gasteiger partial charge < -0.3 is 14.4 Å². The van der Waals surface area contributed by atoms with Crippen molar-refractivity contribution in [3.05, 3.63) is 47.6 Å². The molecule has 1 fully saturated rings. The molecular formula is C19H22N4O2. The van der Waals surface area contributed by atoms with Crippen molar-refractivity contribution in [2.75, 3.05) is 13.1 Å². The highest BCUT2D eigenvalue weighted by Crippen LogP contribution is 2.29. The zero-order valence-corrected chi connectivity index (χ0v) is 14.5. The molecule has 0 aliphatic carbocycles. The number of amides is 1. The molecule has 4 rings (SSSR count). The monoisotopic (exact) mass is 338 g/mol. The molecule has 130 valence electrons. The number of hydrogen-bond donors (Lipinski definition) is 1. The molecule has 3 aromatic rings. The second kappa shape index (κ2) is 6.35. The Labute approximate surface area is 146 Å². The lowest BCUT2D eigenvalue weighted by atomic mass is 9.94. The molecule has 3 aromatic heterocycles. The van der Waals surface area contributed by atoms with Crippen molar-refractivity contribution in [1.82, 2.24) is 20.0 Å². The maximum Gasteiger partial charge on any atom is 0.292 e. The van der Waals surface area contributed by atoms with Crippen LogP contribution in [0, 0.1) is 0 Å². The van der Waals surface area contributed by atoms with Crippen LogP contribution in [-0.2, 0) is 0 Å². The maximum absolute atomic E-state index is 12.8. The zero-order chi connectivity index (χ0) is 17.4. The van der Waals surface area contributed by atoms with E-state index in [0.29, 0.717) is 18.2 Å². The lowest BCUT2D eigenvalue weighted by Crippen LogP contribution is -2.39. The van der Waals surface area contributed by atoms with Crippen molar-refractivity contribution in [1.29, 1.82) is 0 Å². The zero-order valence-electron chi connectivity index (χ0n) is 14.5. The summed E-state index contributed by atoms with van der Waals surface area (Å²) in [7, 11) is 0. The highest BCUT2D eigenvalue weighted by Gasteiger charge is 2.28. The lowest BCUT2D eigenvalue weighted by molar-refractivity contribution is 0.0664. The number of H-pyrrole nitrogens is 1. The van der Waals surface area contributed by atoms with Gasteiger partial charge in [0.1, 0.15) is 0 Å². The summed E-state index contributed by atoms with van der Waals surface area (Å²) in [4.78, 5) is 22.5. The van der Waals surface area contributed by atoms with E-state index >= 15 is 0 Å². The minimum atomic E-state index is -0.0710.